The maximum atomic E-state index is 14.1. The highest BCUT2D eigenvalue weighted by Crippen LogP contribution is 2.46. The Morgan fingerprint density at radius 3 is 2.12 bits per heavy atom. The third kappa shape index (κ3) is 10.2. The van der Waals surface area contributed by atoms with Crippen molar-refractivity contribution in [2.45, 2.75) is 184 Å². The Bertz CT molecular complexity index is 1450. The van der Waals surface area contributed by atoms with Gasteiger partial charge in [-0.15, -0.1) is 0 Å². The molecule has 5 aliphatic heterocycles. The van der Waals surface area contributed by atoms with Gasteiger partial charge in [0.05, 0.1) is 43.5 Å². The van der Waals surface area contributed by atoms with Gasteiger partial charge in [-0.1, -0.05) is 65.2 Å². The molecule has 0 unspecified atom stereocenters. The summed E-state index contributed by atoms with van der Waals surface area (Å²) in [7, 11) is 6.04. The highest BCUT2D eigenvalue weighted by atomic mass is 16.8. The largest absolute Gasteiger partial charge is 0.457 e. The lowest BCUT2D eigenvalue weighted by molar-refractivity contribution is -0.358. The number of esters is 1. The number of hydrogen-bond donors (Lipinski definition) is 2. The lowest BCUT2D eigenvalue weighted by atomic mass is 9.77. The molecule has 17 atom stereocenters. The van der Waals surface area contributed by atoms with Crippen molar-refractivity contribution in [2.24, 2.45) is 23.2 Å². The summed E-state index contributed by atoms with van der Waals surface area (Å²) >= 11 is 0. The summed E-state index contributed by atoms with van der Waals surface area (Å²) in [6.45, 7) is 9.46. The van der Waals surface area contributed by atoms with E-state index >= 15 is 0 Å². The van der Waals surface area contributed by atoms with Crippen LogP contribution >= 0.6 is 0 Å². The van der Waals surface area contributed by atoms with Crippen LogP contribution in [0.5, 0.6) is 0 Å². The highest BCUT2D eigenvalue weighted by Gasteiger charge is 2.57. The third-order valence-corrected chi connectivity index (χ3v) is 13.9. The zero-order chi connectivity index (χ0) is 42.6. The number of allylic oxidation sites excluding steroid dienone is 3. The molecular formula is C44H70O15. The number of methoxy groups -OCH3 is 4. The van der Waals surface area contributed by atoms with Gasteiger partial charge in [-0.2, -0.15) is 0 Å². The van der Waals surface area contributed by atoms with Gasteiger partial charge < -0.3 is 62.3 Å². The standard InChI is InChI=1S/C44H70O15/c1-24-19-34-43(4,5)33(18-14-13-17-27-15-11-10-12-16-27)57-35(46)22-30-25(2)29(20-28(55-30)21-32(45)44(24,48)59-34)56-41-39(51-8)37(31(49-6)23-53-41)58-42-40(52-9)38(50-7)36(47)26(3)54-42/h13-14,17-18,24-31,33-34,36-42,47-48H,10-12,15-16,19-23H2,1-9H3/b17-13+,18-14+/t24-,25-,26+,28+,29+,30+,31-,33-,34-,36-,37+,38+,39-,40+,41+,42+,44+/m1/s1. The van der Waals surface area contributed by atoms with E-state index in [-0.39, 0.29) is 31.8 Å². The van der Waals surface area contributed by atoms with Crippen LogP contribution < -0.4 is 0 Å². The third-order valence-electron chi connectivity index (χ3n) is 13.9. The van der Waals surface area contributed by atoms with Crippen molar-refractivity contribution >= 4 is 11.8 Å². The number of rotatable bonds is 11. The van der Waals surface area contributed by atoms with E-state index in [2.05, 4.69) is 6.08 Å². The minimum atomic E-state index is -2.04. The number of Topliss-reactive ketones (excluding diaryl/α,β-unsaturated/α-hetero) is 1. The predicted molar refractivity (Wildman–Crippen MR) is 212 cm³/mol. The molecule has 0 amide bonds. The Labute approximate surface area is 349 Å². The summed E-state index contributed by atoms with van der Waals surface area (Å²) in [5.74, 6) is -3.33. The second-order valence-corrected chi connectivity index (χ2v) is 18.1. The number of carbonyl (C=O) groups is 2. The molecule has 0 aromatic heterocycles. The van der Waals surface area contributed by atoms with Crippen molar-refractivity contribution in [1.82, 2.24) is 0 Å². The molecule has 4 bridgehead atoms. The van der Waals surface area contributed by atoms with Crippen LogP contribution in [0.2, 0.25) is 0 Å². The van der Waals surface area contributed by atoms with E-state index in [1.807, 2.05) is 45.9 Å². The summed E-state index contributed by atoms with van der Waals surface area (Å²) in [4.78, 5) is 28.1. The molecule has 336 valence electrons. The molecule has 15 heteroatoms. The molecule has 59 heavy (non-hydrogen) atoms. The molecule has 1 saturated carbocycles. The summed E-state index contributed by atoms with van der Waals surface area (Å²) in [5.41, 5.74) is -0.786. The maximum Gasteiger partial charge on any atom is 0.309 e. The summed E-state index contributed by atoms with van der Waals surface area (Å²) in [6.07, 6.45) is 4.09. The first-order valence-electron chi connectivity index (χ1n) is 21.7. The number of aliphatic hydroxyl groups excluding tert-OH is 1. The molecule has 0 aromatic rings. The molecule has 2 N–H and O–H groups in total. The zero-order valence-corrected chi connectivity index (χ0v) is 36.4. The van der Waals surface area contributed by atoms with Gasteiger partial charge >= 0.3 is 5.97 Å². The van der Waals surface area contributed by atoms with Crippen LogP contribution in [-0.2, 0) is 61.7 Å². The fourth-order valence-corrected chi connectivity index (χ4v) is 9.80. The molecule has 5 saturated heterocycles. The van der Waals surface area contributed by atoms with Gasteiger partial charge in [-0.3, -0.25) is 9.59 Å². The lowest BCUT2D eigenvalue weighted by Crippen LogP contribution is -2.63. The van der Waals surface area contributed by atoms with Gasteiger partial charge in [-0.25, -0.2) is 0 Å². The average Bonchev–Trinajstić information content (AvgIpc) is 3.54. The van der Waals surface area contributed by atoms with E-state index in [1.165, 1.54) is 53.4 Å². The van der Waals surface area contributed by atoms with Gasteiger partial charge in [0.1, 0.15) is 42.7 Å². The number of cyclic esters (lactones) is 1. The van der Waals surface area contributed by atoms with Crippen molar-refractivity contribution in [3.05, 3.63) is 24.3 Å². The van der Waals surface area contributed by atoms with Crippen LogP contribution in [0.15, 0.2) is 24.3 Å². The average molecular weight is 839 g/mol. The normalized spacial score (nSPS) is 45.2. The summed E-state index contributed by atoms with van der Waals surface area (Å²) in [5, 5.41) is 22.6. The molecule has 1 aliphatic carbocycles. The minimum absolute atomic E-state index is 0.0845. The van der Waals surface area contributed by atoms with E-state index in [0.717, 1.165) is 0 Å². The van der Waals surface area contributed by atoms with Gasteiger partial charge in [0.25, 0.3) is 0 Å². The zero-order valence-electron chi connectivity index (χ0n) is 36.4. The molecule has 15 nitrogen and oxygen atoms in total. The number of carbonyl (C=O) groups excluding carboxylic acids is 2. The van der Waals surface area contributed by atoms with E-state index in [0.29, 0.717) is 12.3 Å². The first-order chi connectivity index (χ1) is 28.1. The van der Waals surface area contributed by atoms with Crippen LogP contribution in [0.1, 0.15) is 92.4 Å². The fourth-order valence-electron chi connectivity index (χ4n) is 9.80. The predicted octanol–water partition coefficient (Wildman–Crippen LogP) is 4.18. The van der Waals surface area contributed by atoms with E-state index in [1.54, 1.807) is 14.0 Å². The second-order valence-electron chi connectivity index (χ2n) is 18.1. The molecule has 0 aromatic carbocycles. The second kappa shape index (κ2) is 20.1. The van der Waals surface area contributed by atoms with Crippen LogP contribution in [0.25, 0.3) is 0 Å². The summed E-state index contributed by atoms with van der Waals surface area (Å²) in [6, 6.07) is 0. The maximum absolute atomic E-state index is 14.1. The SMILES string of the molecule is CO[C@@H]1[C@H](O[C@@H]2[C@@H](OC)[C@H](O[C@H]3C[C@H]4CC(=O)[C@@]5(O)O[C@H](C[C@H]5C)C(C)(C)[C@@H](/C=C/C=C/C5CCCCC5)OC(=O)C[C@H](O4)[C@@H]3C)OC[C@H]2OC)O[C@@H](C)[C@@H](O)[C@@H]1OC. The molecule has 6 rings (SSSR count). The first-order valence-corrected chi connectivity index (χ1v) is 21.7. The molecule has 6 aliphatic rings. The number of fused-ring (bicyclic) bond motifs is 4. The topological polar surface area (TPSA) is 176 Å². The van der Waals surface area contributed by atoms with Crippen molar-refractivity contribution in [3.8, 4) is 0 Å². The van der Waals surface area contributed by atoms with Crippen LogP contribution in [0.4, 0.5) is 0 Å². The summed E-state index contributed by atoms with van der Waals surface area (Å²) < 4.78 is 67.8. The quantitative estimate of drug-likeness (QED) is 0.224. The van der Waals surface area contributed by atoms with E-state index < -0.39 is 115 Å². The fraction of sp³-hybridized carbons (Fsp3) is 0.864. The van der Waals surface area contributed by atoms with E-state index in [9.17, 15) is 19.8 Å². The van der Waals surface area contributed by atoms with Gasteiger partial charge in [0, 0.05) is 58.5 Å². The molecule has 5 heterocycles. The van der Waals surface area contributed by atoms with Gasteiger partial charge in [-0.05, 0) is 38.2 Å². The van der Waals surface area contributed by atoms with Crippen molar-refractivity contribution in [3.63, 3.8) is 0 Å². The smallest absolute Gasteiger partial charge is 0.309 e. The Kier molecular flexibility index (Phi) is 15.9. The van der Waals surface area contributed by atoms with Crippen LogP contribution in [-0.4, -0.2) is 149 Å². The monoisotopic (exact) mass is 838 g/mol. The van der Waals surface area contributed by atoms with Crippen molar-refractivity contribution in [1.29, 1.82) is 0 Å². The lowest BCUT2D eigenvalue weighted by Gasteiger charge is -2.48. The molecule has 6 fully saturated rings. The Hall–Kier alpha value is -1.86. The number of hydrogen-bond acceptors (Lipinski definition) is 15. The highest BCUT2D eigenvalue weighted by molar-refractivity contribution is 5.86. The molecular weight excluding hydrogens is 768 g/mol. The van der Waals surface area contributed by atoms with Gasteiger partial charge in [0.2, 0.25) is 5.79 Å². The number of ketones is 1. The van der Waals surface area contributed by atoms with Crippen molar-refractivity contribution in [2.75, 3.05) is 35.0 Å². The Morgan fingerprint density at radius 2 is 1.44 bits per heavy atom. The molecule has 0 radical (unpaired) electrons. The first kappa shape index (κ1) is 46.6. The van der Waals surface area contributed by atoms with Gasteiger partial charge in [0.15, 0.2) is 18.4 Å². The number of aliphatic hydroxyl groups is 2. The minimum Gasteiger partial charge on any atom is -0.457 e. The van der Waals surface area contributed by atoms with Crippen LogP contribution in [0.3, 0.4) is 0 Å². The van der Waals surface area contributed by atoms with Crippen LogP contribution in [0, 0.1) is 23.2 Å². The Balaban J connectivity index is 1.23. The van der Waals surface area contributed by atoms with Crippen molar-refractivity contribution < 1.29 is 71.9 Å². The van der Waals surface area contributed by atoms with E-state index in [4.69, 9.17) is 52.1 Å². The Morgan fingerprint density at radius 1 is 0.763 bits per heavy atom. The molecule has 0 spiro atoms. The number of ether oxygens (including phenoxy) is 11.